The van der Waals surface area contributed by atoms with Crippen LogP contribution in [-0.4, -0.2) is 29.5 Å². The molecule has 23 heavy (non-hydrogen) atoms. The Labute approximate surface area is 138 Å². The van der Waals surface area contributed by atoms with E-state index in [0.717, 1.165) is 42.4 Å². The van der Waals surface area contributed by atoms with Crippen LogP contribution in [0.4, 0.5) is 0 Å². The molecule has 124 valence electrons. The minimum absolute atomic E-state index is 0.0132. The number of aliphatic hydroxyl groups is 1. The van der Waals surface area contributed by atoms with Crippen LogP contribution in [0.15, 0.2) is 53.6 Å². The van der Waals surface area contributed by atoms with Gasteiger partial charge in [-0.3, -0.25) is 0 Å². The third kappa shape index (κ3) is 4.81. The van der Waals surface area contributed by atoms with Gasteiger partial charge in [0.1, 0.15) is 5.75 Å². The van der Waals surface area contributed by atoms with Gasteiger partial charge in [0.15, 0.2) is 0 Å². The van der Waals surface area contributed by atoms with Crippen LogP contribution in [0.3, 0.4) is 0 Å². The third-order valence-corrected chi connectivity index (χ3v) is 4.14. The molecular weight excluding hydrogens is 288 g/mol. The van der Waals surface area contributed by atoms with E-state index in [2.05, 4.69) is 19.6 Å². The van der Waals surface area contributed by atoms with Gasteiger partial charge in [-0.25, -0.2) is 0 Å². The predicted molar refractivity (Wildman–Crippen MR) is 94.3 cm³/mol. The van der Waals surface area contributed by atoms with Gasteiger partial charge in [0.2, 0.25) is 0 Å². The zero-order valence-corrected chi connectivity index (χ0v) is 13.8. The predicted octanol–water partition coefficient (Wildman–Crippen LogP) is 4.23. The Morgan fingerprint density at radius 3 is 2.83 bits per heavy atom. The molecule has 3 heteroatoms. The summed E-state index contributed by atoms with van der Waals surface area (Å²) in [6.45, 7) is 6.62. The molecule has 0 saturated heterocycles. The fourth-order valence-corrected chi connectivity index (χ4v) is 2.91. The average molecular weight is 314 g/mol. The molecule has 1 atom stereocenters. The highest BCUT2D eigenvalue weighted by molar-refractivity contribution is 5.59. The minimum atomic E-state index is -0.0266. The van der Waals surface area contributed by atoms with E-state index in [1.165, 1.54) is 5.57 Å². The van der Waals surface area contributed by atoms with Gasteiger partial charge < -0.3 is 14.9 Å². The smallest absolute Gasteiger partial charge is 0.122 e. The monoisotopic (exact) mass is 314 g/mol. The SMILES string of the molecule is C=C(CO)C1=CCOC1CC/C(=C/c1ccccc1O)CCC. The Hall–Kier alpha value is -1.84. The highest BCUT2D eigenvalue weighted by Gasteiger charge is 2.21. The lowest BCUT2D eigenvalue weighted by Crippen LogP contribution is -2.13. The Bertz CT molecular complexity index is 599. The molecule has 1 unspecified atom stereocenters. The Morgan fingerprint density at radius 2 is 2.13 bits per heavy atom. The van der Waals surface area contributed by atoms with Gasteiger partial charge in [0, 0.05) is 5.56 Å². The summed E-state index contributed by atoms with van der Waals surface area (Å²) in [4.78, 5) is 0. The lowest BCUT2D eigenvalue weighted by molar-refractivity contribution is 0.115. The van der Waals surface area contributed by atoms with Crippen LogP contribution in [0.1, 0.15) is 38.2 Å². The highest BCUT2D eigenvalue weighted by Crippen LogP contribution is 2.28. The summed E-state index contributed by atoms with van der Waals surface area (Å²) in [7, 11) is 0. The summed E-state index contributed by atoms with van der Waals surface area (Å²) in [5.74, 6) is 0.312. The molecule has 0 bridgehead atoms. The van der Waals surface area contributed by atoms with Gasteiger partial charge in [0.25, 0.3) is 0 Å². The normalized spacial score (nSPS) is 18.1. The molecule has 2 rings (SSSR count). The Morgan fingerprint density at radius 1 is 1.35 bits per heavy atom. The Balaban J connectivity index is 2.04. The molecule has 3 nitrogen and oxygen atoms in total. The second kappa shape index (κ2) is 8.70. The van der Waals surface area contributed by atoms with Crippen molar-refractivity contribution in [2.45, 2.75) is 38.7 Å². The van der Waals surface area contributed by atoms with Crippen molar-refractivity contribution in [2.24, 2.45) is 0 Å². The molecule has 1 aromatic rings. The molecular formula is C20H26O3. The molecule has 0 aromatic heterocycles. The molecule has 0 fully saturated rings. The van der Waals surface area contributed by atoms with Crippen molar-refractivity contribution in [1.29, 1.82) is 0 Å². The number of allylic oxidation sites excluding steroid dienone is 1. The van der Waals surface area contributed by atoms with Crippen molar-refractivity contribution in [1.82, 2.24) is 0 Å². The van der Waals surface area contributed by atoms with Gasteiger partial charge in [-0.05, 0) is 36.5 Å². The third-order valence-electron chi connectivity index (χ3n) is 4.14. The van der Waals surface area contributed by atoms with Crippen LogP contribution in [0.2, 0.25) is 0 Å². The largest absolute Gasteiger partial charge is 0.507 e. The van der Waals surface area contributed by atoms with E-state index in [0.29, 0.717) is 12.4 Å². The number of hydrogen-bond donors (Lipinski definition) is 2. The molecule has 1 aromatic carbocycles. The van der Waals surface area contributed by atoms with Crippen molar-refractivity contribution in [3.8, 4) is 5.75 Å². The van der Waals surface area contributed by atoms with Crippen molar-refractivity contribution in [3.63, 3.8) is 0 Å². The van der Waals surface area contributed by atoms with E-state index in [1.54, 1.807) is 6.07 Å². The summed E-state index contributed by atoms with van der Waals surface area (Å²) >= 11 is 0. The van der Waals surface area contributed by atoms with Gasteiger partial charge in [-0.15, -0.1) is 0 Å². The molecule has 0 saturated carbocycles. The maximum Gasteiger partial charge on any atom is 0.122 e. The van der Waals surface area contributed by atoms with Crippen LogP contribution in [0, 0.1) is 0 Å². The van der Waals surface area contributed by atoms with Crippen LogP contribution < -0.4 is 0 Å². The van der Waals surface area contributed by atoms with Crippen LogP contribution in [0.25, 0.3) is 6.08 Å². The number of phenols is 1. The van der Waals surface area contributed by atoms with Crippen molar-refractivity contribution >= 4 is 6.08 Å². The molecule has 1 aliphatic rings. The lowest BCUT2D eigenvalue weighted by Gasteiger charge is -2.17. The fourth-order valence-electron chi connectivity index (χ4n) is 2.91. The molecule has 1 aliphatic heterocycles. The number of rotatable bonds is 8. The quantitative estimate of drug-likeness (QED) is 0.755. The van der Waals surface area contributed by atoms with E-state index in [4.69, 9.17) is 4.74 Å². The van der Waals surface area contributed by atoms with Crippen molar-refractivity contribution in [3.05, 3.63) is 59.2 Å². The second-order valence-electron chi connectivity index (χ2n) is 5.89. The van der Waals surface area contributed by atoms with Gasteiger partial charge in [0.05, 0.1) is 19.3 Å². The summed E-state index contributed by atoms with van der Waals surface area (Å²) < 4.78 is 5.75. The van der Waals surface area contributed by atoms with E-state index in [-0.39, 0.29) is 12.7 Å². The average Bonchev–Trinajstić information content (AvgIpc) is 3.02. The first kappa shape index (κ1) is 17.5. The second-order valence-corrected chi connectivity index (χ2v) is 5.89. The first-order valence-corrected chi connectivity index (χ1v) is 8.23. The number of benzene rings is 1. The number of aliphatic hydroxyl groups excluding tert-OH is 1. The zero-order chi connectivity index (χ0) is 16.7. The molecule has 0 spiro atoms. The molecule has 2 N–H and O–H groups in total. The Kier molecular flexibility index (Phi) is 6.63. The molecule has 0 amide bonds. The van der Waals surface area contributed by atoms with E-state index >= 15 is 0 Å². The van der Waals surface area contributed by atoms with Crippen LogP contribution in [-0.2, 0) is 4.74 Å². The number of ether oxygens (including phenoxy) is 1. The number of para-hydroxylation sites is 1. The maximum atomic E-state index is 9.94. The van der Waals surface area contributed by atoms with Gasteiger partial charge in [-0.1, -0.05) is 55.8 Å². The maximum absolute atomic E-state index is 9.94. The standard InChI is InChI=1S/C20H26O3/c1-3-6-16(13-17-7-4-5-8-19(17)22)9-10-20-18(11-12-23-20)15(2)14-21/h4-5,7-8,11,13,20-22H,2-3,6,9-10,12,14H2,1H3/b16-13+. The van der Waals surface area contributed by atoms with Gasteiger partial charge >= 0.3 is 0 Å². The lowest BCUT2D eigenvalue weighted by atomic mass is 9.95. The summed E-state index contributed by atoms with van der Waals surface area (Å²) in [5.41, 5.74) is 3.94. The summed E-state index contributed by atoms with van der Waals surface area (Å²) in [6, 6.07) is 7.40. The highest BCUT2D eigenvalue weighted by atomic mass is 16.5. The minimum Gasteiger partial charge on any atom is -0.507 e. The van der Waals surface area contributed by atoms with E-state index < -0.39 is 0 Å². The van der Waals surface area contributed by atoms with Gasteiger partial charge in [-0.2, -0.15) is 0 Å². The number of phenolic OH excluding ortho intramolecular Hbond substituents is 1. The summed E-state index contributed by atoms with van der Waals surface area (Å²) in [6.07, 6.45) is 7.94. The molecule has 1 heterocycles. The topological polar surface area (TPSA) is 49.7 Å². The zero-order valence-electron chi connectivity index (χ0n) is 13.8. The first-order valence-electron chi connectivity index (χ1n) is 8.23. The summed E-state index contributed by atoms with van der Waals surface area (Å²) in [5, 5.41) is 19.2. The van der Waals surface area contributed by atoms with Crippen LogP contribution >= 0.6 is 0 Å². The van der Waals surface area contributed by atoms with E-state index in [1.807, 2.05) is 24.3 Å². The van der Waals surface area contributed by atoms with Crippen molar-refractivity contribution < 1.29 is 14.9 Å². The van der Waals surface area contributed by atoms with Crippen LogP contribution in [0.5, 0.6) is 5.75 Å². The molecule has 0 radical (unpaired) electrons. The number of aromatic hydroxyl groups is 1. The number of hydrogen-bond acceptors (Lipinski definition) is 3. The van der Waals surface area contributed by atoms with E-state index in [9.17, 15) is 10.2 Å². The first-order chi connectivity index (χ1) is 11.2. The fraction of sp³-hybridized carbons (Fsp3) is 0.400. The van der Waals surface area contributed by atoms with Crippen molar-refractivity contribution in [2.75, 3.05) is 13.2 Å². The molecule has 0 aliphatic carbocycles.